The van der Waals surface area contributed by atoms with E-state index in [2.05, 4.69) is 64.3 Å². The third kappa shape index (κ3) is 6.01. The van der Waals surface area contributed by atoms with Crippen LogP contribution in [0.3, 0.4) is 0 Å². The first-order valence-corrected chi connectivity index (χ1v) is 14.1. The Bertz CT molecular complexity index is 1800. The number of ether oxygens (including phenoxy) is 1. The van der Waals surface area contributed by atoms with Gasteiger partial charge in [-0.1, -0.05) is 38.8 Å². The van der Waals surface area contributed by atoms with Crippen molar-refractivity contribution in [2.24, 2.45) is 5.41 Å². The highest BCUT2D eigenvalue weighted by atomic mass is 19.1. The molecule has 0 fully saturated rings. The number of hydrogen-bond acceptors (Lipinski definition) is 9. The van der Waals surface area contributed by atoms with Crippen molar-refractivity contribution in [1.82, 2.24) is 25.9 Å². The number of alkyl halides is 2. The molecule has 0 bridgehead atoms. The van der Waals surface area contributed by atoms with Crippen molar-refractivity contribution in [3.8, 4) is 24.3 Å². The highest BCUT2D eigenvalue weighted by Crippen LogP contribution is 2.37. The van der Waals surface area contributed by atoms with E-state index in [9.17, 15) is 14.0 Å². The molecule has 11 heteroatoms. The van der Waals surface area contributed by atoms with E-state index in [1.54, 1.807) is 31.8 Å². The van der Waals surface area contributed by atoms with Crippen molar-refractivity contribution < 1.29 is 13.5 Å². The molecule has 5 rings (SSSR count). The van der Waals surface area contributed by atoms with E-state index < -0.39 is 25.4 Å². The van der Waals surface area contributed by atoms with Gasteiger partial charge in [-0.3, -0.25) is 9.99 Å². The Labute approximate surface area is 255 Å². The average Bonchev–Trinajstić information content (AvgIpc) is 3.51. The number of methoxy groups -OCH3 is 1. The summed E-state index contributed by atoms with van der Waals surface area (Å²) in [5.74, 6) is 3.17. The van der Waals surface area contributed by atoms with E-state index in [0.29, 0.717) is 51.5 Å². The second kappa shape index (κ2) is 12.6. The summed E-state index contributed by atoms with van der Waals surface area (Å²) >= 11 is 0. The fraction of sp³-hybridized carbons (Fsp3) is 0.303. The van der Waals surface area contributed by atoms with Crippen molar-refractivity contribution in [2.75, 3.05) is 37.6 Å². The van der Waals surface area contributed by atoms with Crippen LogP contribution in [-0.2, 0) is 0 Å². The van der Waals surface area contributed by atoms with Crippen LogP contribution in [-0.4, -0.2) is 48.0 Å². The van der Waals surface area contributed by atoms with Gasteiger partial charge in [-0.15, -0.1) is 12.0 Å². The Balaban J connectivity index is 1.68. The summed E-state index contributed by atoms with van der Waals surface area (Å²) < 4.78 is 32.7. The molecule has 9 nitrogen and oxygen atoms in total. The molecule has 1 aliphatic rings. The van der Waals surface area contributed by atoms with Crippen molar-refractivity contribution in [1.29, 1.82) is 5.26 Å². The number of hydrogen-bond donors (Lipinski definition) is 4. The number of aromatic nitrogens is 2. The van der Waals surface area contributed by atoms with Crippen LogP contribution in [0.25, 0.3) is 21.7 Å². The van der Waals surface area contributed by atoms with Gasteiger partial charge < -0.3 is 20.8 Å². The first kappa shape index (κ1) is 30.3. The highest BCUT2D eigenvalue weighted by molar-refractivity contribution is 5.99. The fourth-order valence-corrected chi connectivity index (χ4v) is 5.11. The lowest BCUT2D eigenvalue weighted by molar-refractivity contribution is 0.139. The number of rotatable bonds is 10. The lowest BCUT2D eigenvalue weighted by Crippen LogP contribution is -2.45. The van der Waals surface area contributed by atoms with Crippen LogP contribution < -0.4 is 26.3 Å². The molecule has 1 aliphatic heterocycles. The van der Waals surface area contributed by atoms with Crippen molar-refractivity contribution >= 4 is 33.1 Å². The minimum Gasteiger partial charge on any atom is -0.481 e. The van der Waals surface area contributed by atoms with Gasteiger partial charge in [0.1, 0.15) is 25.5 Å². The summed E-state index contributed by atoms with van der Waals surface area (Å²) in [4.78, 5) is 8.87. The molecule has 0 saturated carbocycles. The number of nitriles is 1. The van der Waals surface area contributed by atoms with Crippen LogP contribution in [0.1, 0.15) is 43.5 Å². The van der Waals surface area contributed by atoms with Crippen LogP contribution in [0, 0.1) is 29.1 Å². The molecule has 0 aliphatic carbocycles. The Morgan fingerprint density at radius 2 is 1.89 bits per heavy atom. The van der Waals surface area contributed by atoms with Gasteiger partial charge in [-0.25, -0.2) is 13.8 Å². The molecule has 4 N–H and O–H groups in total. The molecular weight excluding hydrogens is 562 g/mol. The summed E-state index contributed by atoms with van der Waals surface area (Å²) in [5, 5.41) is 20.9. The van der Waals surface area contributed by atoms with Gasteiger partial charge in [0, 0.05) is 41.6 Å². The molecule has 0 saturated heterocycles. The molecule has 0 amide bonds. The molecule has 0 unspecified atom stereocenters. The first-order valence-electron chi connectivity index (χ1n) is 14.1. The normalized spacial score (nSPS) is 13.8. The van der Waals surface area contributed by atoms with Gasteiger partial charge in [-0.05, 0) is 40.6 Å². The van der Waals surface area contributed by atoms with Crippen LogP contribution in [0.5, 0.6) is 5.88 Å². The maximum absolute atomic E-state index is 13.6. The molecule has 0 spiro atoms. The standard InChI is InChI=1S/C33H34F2N8O/c1-6-20-17-38-30-21(16-36)12-22(13-27(30)29(20)39-19-33(2,3)4)40-31(28-18-43(42-41-28)23(14-34)15-35)25-8-7-9-26-24(25)10-11-37-32(26)44-5/h1,7-13,17-18,23,31,40-42H,14-15,19H2,2-5H3,(H,38,39)/t31-/m0/s1. The van der Waals surface area contributed by atoms with Gasteiger partial charge in [0.05, 0.1) is 41.2 Å². The average molecular weight is 597 g/mol. The number of hydrazine groups is 2. The third-order valence-corrected chi connectivity index (χ3v) is 7.33. The number of benzene rings is 2. The van der Waals surface area contributed by atoms with Crippen molar-refractivity contribution in [2.45, 2.75) is 32.9 Å². The van der Waals surface area contributed by atoms with E-state index in [1.165, 1.54) is 5.01 Å². The fourth-order valence-electron chi connectivity index (χ4n) is 5.11. The van der Waals surface area contributed by atoms with Gasteiger partial charge >= 0.3 is 0 Å². The van der Waals surface area contributed by atoms with E-state index >= 15 is 0 Å². The summed E-state index contributed by atoms with van der Waals surface area (Å²) in [6.45, 7) is 5.22. The Morgan fingerprint density at radius 1 is 1.09 bits per heavy atom. The number of fused-ring (bicyclic) bond motifs is 2. The maximum atomic E-state index is 13.6. The molecule has 4 aromatic rings. The Morgan fingerprint density at radius 3 is 2.57 bits per heavy atom. The van der Waals surface area contributed by atoms with Gasteiger partial charge in [0.25, 0.3) is 0 Å². The topological polar surface area (TPSA) is 110 Å². The Kier molecular flexibility index (Phi) is 8.70. The van der Waals surface area contributed by atoms with Gasteiger partial charge in [0.2, 0.25) is 5.88 Å². The highest BCUT2D eigenvalue weighted by Gasteiger charge is 2.28. The zero-order chi connectivity index (χ0) is 31.4. The monoisotopic (exact) mass is 596 g/mol. The minimum absolute atomic E-state index is 0.0404. The molecule has 0 radical (unpaired) electrons. The molecule has 2 aromatic carbocycles. The van der Waals surface area contributed by atoms with E-state index in [4.69, 9.17) is 11.2 Å². The molecule has 3 heterocycles. The molecule has 2 aromatic heterocycles. The summed E-state index contributed by atoms with van der Waals surface area (Å²) in [6, 6.07) is 12.0. The number of pyridine rings is 2. The smallest absolute Gasteiger partial charge is 0.221 e. The van der Waals surface area contributed by atoms with Crippen molar-refractivity contribution in [3.63, 3.8) is 0 Å². The first-order chi connectivity index (χ1) is 21.2. The molecule has 226 valence electrons. The summed E-state index contributed by atoms with van der Waals surface area (Å²) in [6.07, 6.45) is 10.8. The van der Waals surface area contributed by atoms with E-state index in [-0.39, 0.29) is 5.41 Å². The van der Waals surface area contributed by atoms with Crippen LogP contribution in [0.15, 0.2) is 60.7 Å². The number of halogens is 2. The van der Waals surface area contributed by atoms with Crippen molar-refractivity contribution in [3.05, 3.63) is 77.4 Å². The summed E-state index contributed by atoms with van der Waals surface area (Å²) in [5.41, 5.74) is 10.1. The zero-order valence-corrected chi connectivity index (χ0v) is 25.0. The zero-order valence-electron chi connectivity index (χ0n) is 25.0. The number of nitrogens with one attached hydrogen (secondary N) is 4. The van der Waals surface area contributed by atoms with E-state index in [0.717, 1.165) is 16.3 Å². The SMILES string of the molecule is C#Cc1cnc2c(C#N)cc(N[C@H](C3=CN(C(CF)CF)NN3)c3cccc4c(OC)nccc34)cc2c1NCC(C)(C)C. The quantitative estimate of drug-likeness (QED) is 0.171. The third-order valence-electron chi connectivity index (χ3n) is 7.33. The van der Waals surface area contributed by atoms with Gasteiger partial charge in [-0.2, -0.15) is 5.26 Å². The lowest BCUT2D eigenvalue weighted by Gasteiger charge is -2.24. The minimum atomic E-state index is -1.01. The predicted octanol–water partition coefficient (Wildman–Crippen LogP) is 5.73. The van der Waals surface area contributed by atoms with Crippen LogP contribution >= 0.6 is 0 Å². The van der Waals surface area contributed by atoms with Crippen LogP contribution in [0.2, 0.25) is 0 Å². The Hall–Kier alpha value is -5.13. The second-order valence-electron chi connectivity index (χ2n) is 11.7. The number of nitrogens with zero attached hydrogens (tertiary/aromatic N) is 4. The molecule has 1 atom stereocenters. The van der Waals surface area contributed by atoms with Crippen LogP contribution in [0.4, 0.5) is 20.2 Å². The second-order valence-corrected chi connectivity index (χ2v) is 11.7. The van der Waals surface area contributed by atoms with E-state index in [1.807, 2.05) is 30.3 Å². The number of terminal acetylenes is 1. The number of anilines is 2. The lowest BCUT2D eigenvalue weighted by atomic mass is 9.95. The predicted molar refractivity (Wildman–Crippen MR) is 169 cm³/mol. The van der Waals surface area contributed by atoms with Gasteiger partial charge in [0.15, 0.2) is 0 Å². The molecular formula is C33H34F2N8O. The largest absolute Gasteiger partial charge is 0.481 e. The maximum Gasteiger partial charge on any atom is 0.221 e. The summed E-state index contributed by atoms with van der Waals surface area (Å²) in [7, 11) is 1.56. The molecule has 44 heavy (non-hydrogen) atoms.